The third kappa shape index (κ3) is 2.65. The lowest BCUT2D eigenvalue weighted by Gasteiger charge is -2.09. The maximum Gasteiger partial charge on any atom is 0.0869 e. The number of hydrogen-bond donors (Lipinski definition) is 1. The predicted molar refractivity (Wildman–Crippen MR) is 89.6 cm³/mol. The SMILES string of the molecule is CC(=C(N)c1ccc2ccccc2n1)c1ccc(C)cc1. The molecule has 2 nitrogen and oxygen atoms in total. The Morgan fingerprint density at radius 1 is 0.905 bits per heavy atom. The second-order valence-corrected chi connectivity index (χ2v) is 5.29. The molecule has 1 aromatic heterocycles. The van der Waals surface area contributed by atoms with Gasteiger partial charge in [-0.25, -0.2) is 4.98 Å². The largest absolute Gasteiger partial charge is 0.397 e. The first-order valence-electron chi connectivity index (χ1n) is 7.05. The van der Waals surface area contributed by atoms with Gasteiger partial charge in [-0.2, -0.15) is 0 Å². The third-order valence-corrected chi connectivity index (χ3v) is 3.76. The van der Waals surface area contributed by atoms with Crippen LogP contribution < -0.4 is 5.73 Å². The van der Waals surface area contributed by atoms with Gasteiger partial charge >= 0.3 is 0 Å². The van der Waals surface area contributed by atoms with Crippen molar-refractivity contribution < 1.29 is 0 Å². The molecule has 2 aromatic carbocycles. The van der Waals surface area contributed by atoms with Gasteiger partial charge in [-0.15, -0.1) is 0 Å². The molecule has 0 aliphatic rings. The quantitative estimate of drug-likeness (QED) is 0.752. The van der Waals surface area contributed by atoms with Gasteiger partial charge in [0.1, 0.15) is 0 Å². The van der Waals surface area contributed by atoms with Crippen LogP contribution in [0.2, 0.25) is 0 Å². The van der Waals surface area contributed by atoms with Gasteiger partial charge in [-0.1, -0.05) is 54.1 Å². The van der Waals surface area contributed by atoms with E-state index in [1.165, 1.54) is 5.56 Å². The Kier molecular flexibility index (Phi) is 3.44. The monoisotopic (exact) mass is 274 g/mol. The summed E-state index contributed by atoms with van der Waals surface area (Å²) < 4.78 is 0. The van der Waals surface area contributed by atoms with Gasteiger partial charge in [-0.05, 0) is 37.1 Å². The molecule has 0 aliphatic carbocycles. The zero-order valence-electron chi connectivity index (χ0n) is 12.3. The van der Waals surface area contributed by atoms with Crippen LogP contribution in [0.4, 0.5) is 0 Å². The van der Waals surface area contributed by atoms with E-state index < -0.39 is 0 Å². The highest BCUT2D eigenvalue weighted by atomic mass is 14.8. The lowest BCUT2D eigenvalue weighted by molar-refractivity contribution is 1.31. The average Bonchev–Trinajstić information content (AvgIpc) is 2.54. The zero-order valence-corrected chi connectivity index (χ0v) is 12.3. The van der Waals surface area contributed by atoms with Gasteiger partial charge in [0, 0.05) is 5.39 Å². The molecule has 0 bridgehead atoms. The summed E-state index contributed by atoms with van der Waals surface area (Å²) in [6.07, 6.45) is 0. The van der Waals surface area contributed by atoms with E-state index in [-0.39, 0.29) is 0 Å². The van der Waals surface area contributed by atoms with Crippen molar-refractivity contribution in [3.8, 4) is 0 Å². The molecule has 0 fully saturated rings. The minimum Gasteiger partial charge on any atom is -0.397 e. The summed E-state index contributed by atoms with van der Waals surface area (Å²) in [5.74, 6) is 0. The van der Waals surface area contributed by atoms with Crippen LogP contribution in [0.5, 0.6) is 0 Å². The maximum atomic E-state index is 6.32. The fraction of sp³-hybridized carbons (Fsp3) is 0.105. The fourth-order valence-corrected chi connectivity index (χ4v) is 2.37. The number of rotatable bonds is 2. The van der Waals surface area contributed by atoms with E-state index in [0.29, 0.717) is 0 Å². The highest BCUT2D eigenvalue weighted by Crippen LogP contribution is 2.23. The normalized spacial score (nSPS) is 12.3. The highest BCUT2D eigenvalue weighted by molar-refractivity contribution is 5.89. The fourth-order valence-electron chi connectivity index (χ4n) is 2.37. The van der Waals surface area contributed by atoms with E-state index in [1.54, 1.807) is 0 Å². The minimum absolute atomic E-state index is 0.726. The van der Waals surface area contributed by atoms with E-state index in [9.17, 15) is 0 Å². The average molecular weight is 274 g/mol. The van der Waals surface area contributed by atoms with E-state index in [2.05, 4.69) is 48.3 Å². The molecular weight excluding hydrogens is 256 g/mol. The molecule has 0 saturated carbocycles. The van der Waals surface area contributed by atoms with Crippen LogP contribution in [0, 0.1) is 6.92 Å². The predicted octanol–water partition coefficient (Wildman–Crippen LogP) is 4.39. The molecule has 3 aromatic rings. The molecule has 21 heavy (non-hydrogen) atoms. The van der Waals surface area contributed by atoms with Gasteiger partial charge < -0.3 is 5.73 Å². The van der Waals surface area contributed by atoms with Crippen LogP contribution in [0.15, 0.2) is 60.7 Å². The Bertz CT molecular complexity index is 814. The van der Waals surface area contributed by atoms with Crippen molar-refractivity contribution in [3.05, 3.63) is 77.5 Å². The second-order valence-electron chi connectivity index (χ2n) is 5.29. The first kappa shape index (κ1) is 13.4. The molecular formula is C19H18N2. The number of fused-ring (bicyclic) bond motifs is 1. The van der Waals surface area contributed by atoms with Crippen molar-refractivity contribution in [1.82, 2.24) is 4.98 Å². The van der Waals surface area contributed by atoms with Crippen molar-refractivity contribution in [2.75, 3.05) is 0 Å². The molecule has 104 valence electrons. The van der Waals surface area contributed by atoms with Gasteiger partial charge in [-0.3, -0.25) is 0 Å². The van der Waals surface area contributed by atoms with Gasteiger partial charge in [0.15, 0.2) is 0 Å². The number of allylic oxidation sites excluding steroid dienone is 1. The number of aryl methyl sites for hydroxylation is 1. The molecule has 0 atom stereocenters. The summed E-state index contributed by atoms with van der Waals surface area (Å²) in [5.41, 5.74) is 12.3. The smallest absolute Gasteiger partial charge is 0.0869 e. The Hall–Kier alpha value is -2.61. The summed E-state index contributed by atoms with van der Waals surface area (Å²) in [5, 5.41) is 1.13. The number of benzene rings is 2. The van der Waals surface area contributed by atoms with E-state index in [0.717, 1.165) is 33.4 Å². The van der Waals surface area contributed by atoms with Crippen molar-refractivity contribution >= 4 is 22.2 Å². The molecule has 1 heterocycles. The van der Waals surface area contributed by atoms with Gasteiger partial charge in [0.05, 0.1) is 16.9 Å². The van der Waals surface area contributed by atoms with E-state index in [1.807, 2.05) is 31.2 Å². The topological polar surface area (TPSA) is 38.9 Å². The summed E-state index contributed by atoms with van der Waals surface area (Å²) >= 11 is 0. The Morgan fingerprint density at radius 2 is 1.62 bits per heavy atom. The second kappa shape index (κ2) is 5.41. The van der Waals surface area contributed by atoms with Crippen LogP contribution in [-0.4, -0.2) is 4.98 Å². The number of hydrogen-bond acceptors (Lipinski definition) is 2. The van der Waals surface area contributed by atoms with Crippen LogP contribution in [0.1, 0.15) is 23.7 Å². The standard InChI is InChI=1S/C19H18N2/c1-13-7-9-15(10-8-13)14(2)19(20)18-12-11-16-5-3-4-6-17(16)21-18/h3-12H,20H2,1-2H3. The van der Waals surface area contributed by atoms with E-state index in [4.69, 9.17) is 5.73 Å². The van der Waals surface area contributed by atoms with Gasteiger partial charge in [0.25, 0.3) is 0 Å². The minimum atomic E-state index is 0.726. The number of nitrogens with zero attached hydrogens (tertiary/aromatic N) is 1. The molecule has 3 rings (SSSR count). The molecule has 0 aliphatic heterocycles. The van der Waals surface area contributed by atoms with Crippen LogP contribution in [0.3, 0.4) is 0 Å². The summed E-state index contributed by atoms with van der Waals surface area (Å²) in [4.78, 5) is 4.66. The maximum absolute atomic E-state index is 6.32. The molecule has 2 heteroatoms. The molecule has 0 unspecified atom stereocenters. The van der Waals surface area contributed by atoms with E-state index >= 15 is 0 Å². The van der Waals surface area contributed by atoms with Gasteiger partial charge in [0.2, 0.25) is 0 Å². The van der Waals surface area contributed by atoms with Crippen molar-refractivity contribution in [2.24, 2.45) is 5.73 Å². The zero-order chi connectivity index (χ0) is 14.8. The van der Waals surface area contributed by atoms with Crippen molar-refractivity contribution in [3.63, 3.8) is 0 Å². The van der Waals surface area contributed by atoms with Crippen LogP contribution >= 0.6 is 0 Å². The summed E-state index contributed by atoms with van der Waals surface area (Å²) in [7, 11) is 0. The highest BCUT2D eigenvalue weighted by Gasteiger charge is 2.06. The Balaban J connectivity index is 2.07. The molecule has 0 radical (unpaired) electrons. The third-order valence-electron chi connectivity index (χ3n) is 3.76. The van der Waals surface area contributed by atoms with Crippen molar-refractivity contribution in [2.45, 2.75) is 13.8 Å². The Morgan fingerprint density at radius 3 is 2.38 bits per heavy atom. The number of pyridine rings is 1. The Labute approximate surface area is 124 Å². The van der Waals surface area contributed by atoms with Crippen molar-refractivity contribution in [1.29, 1.82) is 0 Å². The number of nitrogens with two attached hydrogens (primary N) is 1. The lowest BCUT2D eigenvalue weighted by atomic mass is 10.0. The first-order chi connectivity index (χ1) is 10.1. The lowest BCUT2D eigenvalue weighted by Crippen LogP contribution is -2.02. The summed E-state index contributed by atoms with van der Waals surface area (Å²) in [6, 6.07) is 20.5. The first-order valence-corrected chi connectivity index (χ1v) is 7.05. The van der Waals surface area contributed by atoms with Crippen LogP contribution in [-0.2, 0) is 0 Å². The van der Waals surface area contributed by atoms with Crippen LogP contribution in [0.25, 0.3) is 22.2 Å². The molecule has 2 N–H and O–H groups in total. The summed E-state index contributed by atoms with van der Waals surface area (Å²) in [6.45, 7) is 4.12. The molecule has 0 amide bonds. The molecule has 0 spiro atoms. The number of para-hydroxylation sites is 1. The molecule has 0 saturated heterocycles. The number of aromatic nitrogens is 1.